The molecule has 2 aliphatic heterocycles. The summed E-state index contributed by atoms with van der Waals surface area (Å²) in [7, 11) is 0. The molecule has 8 heteroatoms. The van der Waals surface area contributed by atoms with E-state index in [1.165, 1.54) is 12.1 Å². The van der Waals surface area contributed by atoms with Crippen LogP contribution in [0.3, 0.4) is 0 Å². The van der Waals surface area contributed by atoms with Gasteiger partial charge in [-0.1, -0.05) is 0 Å². The van der Waals surface area contributed by atoms with Crippen LogP contribution in [0.5, 0.6) is 0 Å². The third kappa shape index (κ3) is 3.09. The monoisotopic (exact) mass is 414 g/mol. The molecule has 0 unspecified atom stereocenters. The standard InChI is InChI=1S/C23H26N8/c1-15(2)31-14-27-18-5-3-16-9-26-22(29-20(16)21(18)31)28-19-6-4-17(10-25-19)30-8-7-23(13-30)11-24-12-23/h3-6,9-10,14-15,24H,7-8,11-13H2,1-2H3,(H,25,26,28,29). The number of benzene rings is 1. The van der Waals surface area contributed by atoms with Crippen LogP contribution in [0.2, 0.25) is 0 Å². The van der Waals surface area contributed by atoms with Gasteiger partial charge in [-0.15, -0.1) is 0 Å². The van der Waals surface area contributed by atoms with E-state index in [2.05, 4.69) is 55.0 Å². The fraction of sp³-hybridized carbons (Fsp3) is 0.391. The zero-order chi connectivity index (χ0) is 21.0. The van der Waals surface area contributed by atoms with Gasteiger partial charge in [0.05, 0.1) is 29.2 Å². The molecule has 6 rings (SSSR count). The first-order chi connectivity index (χ1) is 15.1. The molecule has 1 spiro atoms. The number of imidazole rings is 1. The van der Waals surface area contributed by atoms with Crippen molar-refractivity contribution in [2.75, 3.05) is 36.4 Å². The summed E-state index contributed by atoms with van der Waals surface area (Å²) >= 11 is 0. The number of aromatic nitrogens is 5. The summed E-state index contributed by atoms with van der Waals surface area (Å²) in [5.41, 5.74) is 4.53. The van der Waals surface area contributed by atoms with Crippen LogP contribution >= 0.6 is 0 Å². The normalized spacial score (nSPS) is 17.7. The Kier molecular flexibility index (Phi) is 4.11. The highest BCUT2D eigenvalue weighted by atomic mass is 15.2. The van der Waals surface area contributed by atoms with Crippen LogP contribution in [-0.2, 0) is 0 Å². The topological polar surface area (TPSA) is 83.8 Å². The summed E-state index contributed by atoms with van der Waals surface area (Å²) in [5.74, 6) is 1.28. The lowest BCUT2D eigenvalue weighted by Crippen LogP contribution is -2.54. The SMILES string of the molecule is CC(C)n1cnc2ccc3cnc(Nc4ccc(N5CCC6(CNC6)C5)cn4)nc3c21. The van der Waals surface area contributed by atoms with Gasteiger partial charge in [-0.2, -0.15) is 0 Å². The lowest BCUT2D eigenvalue weighted by Gasteiger charge is -2.39. The molecule has 1 aromatic carbocycles. The van der Waals surface area contributed by atoms with Gasteiger partial charge in [0.25, 0.3) is 0 Å². The predicted octanol–water partition coefficient (Wildman–Crippen LogP) is 3.50. The number of nitrogens with one attached hydrogen (secondary N) is 2. The Morgan fingerprint density at radius 2 is 1.97 bits per heavy atom. The van der Waals surface area contributed by atoms with Crippen molar-refractivity contribution in [1.29, 1.82) is 0 Å². The highest BCUT2D eigenvalue weighted by Gasteiger charge is 2.42. The van der Waals surface area contributed by atoms with E-state index < -0.39 is 0 Å². The quantitative estimate of drug-likeness (QED) is 0.529. The van der Waals surface area contributed by atoms with E-state index in [1.807, 2.05) is 36.9 Å². The van der Waals surface area contributed by atoms with Crippen LogP contribution in [0.4, 0.5) is 17.5 Å². The van der Waals surface area contributed by atoms with Crippen molar-refractivity contribution < 1.29 is 0 Å². The van der Waals surface area contributed by atoms with Crippen molar-refractivity contribution in [2.24, 2.45) is 5.41 Å². The molecular weight excluding hydrogens is 388 g/mol. The zero-order valence-electron chi connectivity index (χ0n) is 17.8. The highest BCUT2D eigenvalue weighted by molar-refractivity contribution is 6.02. The fourth-order valence-corrected chi connectivity index (χ4v) is 4.75. The van der Waals surface area contributed by atoms with Crippen molar-refractivity contribution in [3.63, 3.8) is 0 Å². The first kappa shape index (κ1) is 18.5. The molecule has 0 atom stereocenters. The Morgan fingerprint density at radius 1 is 1.06 bits per heavy atom. The Labute approximate surface area is 180 Å². The number of hydrogen-bond donors (Lipinski definition) is 2. The maximum Gasteiger partial charge on any atom is 0.228 e. The smallest absolute Gasteiger partial charge is 0.228 e. The Balaban J connectivity index is 1.27. The summed E-state index contributed by atoms with van der Waals surface area (Å²) in [5, 5.41) is 7.68. The minimum Gasteiger partial charge on any atom is -0.370 e. The van der Waals surface area contributed by atoms with Crippen LogP contribution < -0.4 is 15.5 Å². The molecule has 31 heavy (non-hydrogen) atoms. The number of anilines is 3. The second-order valence-corrected chi connectivity index (χ2v) is 9.11. The Hall–Kier alpha value is -3.26. The second-order valence-electron chi connectivity index (χ2n) is 9.11. The molecule has 3 aromatic heterocycles. The molecule has 0 bridgehead atoms. The maximum absolute atomic E-state index is 4.81. The molecule has 0 amide bonds. The van der Waals surface area contributed by atoms with Crippen LogP contribution in [-0.4, -0.2) is 50.7 Å². The molecule has 4 aromatic rings. The van der Waals surface area contributed by atoms with Gasteiger partial charge in [0.15, 0.2) is 0 Å². The molecule has 0 radical (unpaired) electrons. The van der Waals surface area contributed by atoms with Gasteiger partial charge in [0.1, 0.15) is 11.3 Å². The largest absolute Gasteiger partial charge is 0.370 e. The number of fused-ring (bicyclic) bond motifs is 3. The molecule has 2 fully saturated rings. The molecule has 5 heterocycles. The Morgan fingerprint density at radius 3 is 2.68 bits per heavy atom. The average Bonchev–Trinajstić information content (AvgIpc) is 3.39. The molecule has 2 aliphatic rings. The second kappa shape index (κ2) is 6.88. The summed E-state index contributed by atoms with van der Waals surface area (Å²) in [4.78, 5) is 20.9. The molecule has 2 N–H and O–H groups in total. The Bertz CT molecular complexity index is 1260. The van der Waals surface area contributed by atoms with Gasteiger partial charge < -0.3 is 20.1 Å². The van der Waals surface area contributed by atoms with Crippen molar-refractivity contribution in [1.82, 2.24) is 29.8 Å². The summed E-state index contributed by atoms with van der Waals surface area (Å²) in [6.07, 6.45) is 6.94. The van der Waals surface area contributed by atoms with Crippen molar-refractivity contribution in [3.8, 4) is 0 Å². The predicted molar refractivity (Wildman–Crippen MR) is 123 cm³/mol. The van der Waals surface area contributed by atoms with E-state index in [9.17, 15) is 0 Å². The van der Waals surface area contributed by atoms with E-state index in [-0.39, 0.29) is 0 Å². The van der Waals surface area contributed by atoms with Gasteiger partial charge in [-0.05, 0) is 44.5 Å². The maximum atomic E-state index is 4.81. The van der Waals surface area contributed by atoms with E-state index in [1.54, 1.807) is 0 Å². The minimum absolute atomic E-state index is 0.302. The lowest BCUT2D eigenvalue weighted by molar-refractivity contribution is 0.200. The van der Waals surface area contributed by atoms with E-state index >= 15 is 0 Å². The van der Waals surface area contributed by atoms with Gasteiger partial charge in [-0.3, -0.25) is 0 Å². The van der Waals surface area contributed by atoms with Gasteiger partial charge in [-0.25, -0.2) is 19.9 Å². The molecule has 8 nitrogen and oxygen atoms in total. The van der Waals surface area contributed by atoms with Crippen molar-refractivity contribution >= 4 is 39.4 Å². The van der Waals surface area contributed by atoms with Gasteiger partial charge in [0.2, 0.25) is 5.95 Å². The van der Waals surface area contributed by atoms with E-state index in [0.717, 1.165) is 53.9 Å². The van der Waals surface area contributed by atoms with Crippen LogP contribution in [0, 0.1) is 5.41 Å². The fourth-order valence-electron chi connectivity index (χ4n) is 4.75. The summed E-state index contributed by atoms with van der Waals surface area (Å²) in [6, 6.07) is 8.48. The zero-order valence-corrected chi connectivity index (χ0v) is 17.8. The summed E-state index contributed by atoms with van der Waals surface area (Å²) < 4.78 is 2.15. The molecule has 158 valence electrons. The number of rotatable bonds is 4. The van der Waals surface area contributed by atoms with E-state index in [4.69, 9.17) is 4.98 Å². The first-order valence-corrected chi connectivity index (χ1v) is 10.9. The minimum atomic E-state index is 0.302. The van der Waals surface area contributed by atoms with Crippen LogP contribution in [0.15, 0.2) is 43.0 Å². The van der Waals surface area contributed by atoms with Crippen molar-refractivity contribution in [3.05, 3.63) is 43.0 Å². The summed E-state index contributed by atoms with van der Waals surface area (Å²) in [6.45, 7) is 8.79. The van der Waals surface area contributed by atoms with Gasteiger partial charge >= 0.3 is 0 Å². The molecule has 0 saturated carbocycles. The average molecular weight is 415 g/mol. The third-order valence-electron chi connectivity index (χ3n) is 6.63. The molecule has 2 saturated heterocycles. The number of nitrogens with zero attached hydrogens (tertiary/aromatic N) is 6. The molecular formula is C23H26N8. The van der Waals surface area contributed by atoms with E-state index in [0.29, 0.717) is 17.4 Å². The van der Waals surface area contributed by atoms with Gasteiger partial charge in [0, 0.05) is 49.2 Å². The third-order valence-corrected chi connectivity index (χ3v) is 6.63. The van der Waals surface area contributed by atoms with Crippen molar-refractivity contribution in [2.45, 2.75) is 26.3 Å². The molecule has 0 aliphatic carbocycles. The lowest BCUT2D eigenvalue weighted by atomic mass is 9.81. The number of pyridine rings is 1. The number of hydrogen-bond acceptors (Lipinski definition) is 7. The highest BCUT2D eigenvalue weighted by Crippen LogP contribution is 2.36. The van der Waals surface area contributed by atoms with Crippen LogP contribution in [0.25, 0.3) is 21.9 Å². The first-order valence-electron chi connectivity index (χ1n) is 10.9. The van der Waals surface area contributed by atoms with Crippen LogP contribution in [0.1, 0.15) is 26.3 Å².